The van der Waals surface area contributed by atoms with Gasteiger partial charge in [-0.3, -0.25) is 0 Å². The first-order chi connectivity index (χ1) is 6.25. The summed E-state index contributed by atoms with van der Waals surface area (Å²) in [6.07, 6.45) is 2.81. The molecule has 2 heterocycles. The number of likely N-dealkylation sites (N-methyl/N-ethyl adjacent to an activating group) is 1. The van der Waals surface area contributed by atoms with Crippen LogP contribution in [-0.2, 0) is 0 Å². The first-order valence-electron chi connectivity index (χ1n) is 4.55. The summed E-state index contributed by atoms with van der Waals surface area (Å²) in [6, 6.07) is 3.28. The maximum Gasteiger partial charge on any atom is 0.212 e. The smallest absolute Gasteiger partial charge is 0.212 e. The molecule has 1 aliphatic rings. The van der Waals surface area contributed by atoms with Crippen molar-refractivity contribution in [2.45, 2.75) is 12.3 Å². The van der Waals surface area contributed by atoms with Crippen LogP contribution >= 0.6 is 0 Å². The largest absolute Gasteiger partial charge is 0.306 e. The van der Waals surface area contributed by atoms with Crippen molar-refractivity contribution in [3.05, 3.63) is 29.8 Å². The van der Waals surface area contributed by atoms with Crippen LogP contribution in [0.4, 0.5) is 4.39 Å². The number of halogens is 1. The van der Waals surface area contributed by atoms with E-state index in [1.807, 2.05) is 6.07 Å². The van der Waals surface area contributed by atoms with Crippen LogP contribution in [0.1, 0.15) is 17.9 Å². The number of rotatable bonds is 1. The van der Waals surface area contributed by atoms with E-state index in [1.165, 1.54) is 6.07 Å². The lowest BCUT2D eigenvalue weighted by atomic mass is 10.0. The number of hydrogen-bond acceptors (Lipinski definition) is 2. The third-order valence-corrected chi connectivity index (χ3v) is 2.61. The van der Waals surface area contributed by atoms with Gasteiger partial charge in [0.2, 0.25) is 5.95 Å². The quantitative estimate of drug-likeness (QED) is 0.611. The molecule has 13 heavy (non-hydrogen) atoms. The van der Waals surface area contributed by atoms with Gasteiger partial charge in [-0.2, -0.15) is 4.39 Å². The number of aromatic nitrogens is 1. The molecule has 1 fully saturated rings. The van der Waals surface area contributed by atoms with Crippen LogP contribution in [0.3, 0.4) is 0 Å². The average molecular weight is 180 g/mol. The first-order valence-corrected chi connectivity index (χ1v) is 4.55. The Kier molecular flexibility index (Phi) is 2.27. The Labute approximate surface area is 77.4 Å². The maximum atomic E-state index is 12.5. The minimum Gasteiger partial charge on any atom is -0.306 e. The minimum absolute atomic E-state index is 0.393. The van der Waals surface area contributed by atoms with Crippen LogP contribution in [-0.4, -0.2) is 30.0 Å². The average Bonchev–Trinajstić information content (AvgIpc) is 2.53. The molecule has 0 N–H and O–H groups in total. The molecule has 1 saturated heterocycles. The molecule has 1 aromatic heterocycles. The van der Waals surface area contributed by atoms with Gasteiger partial charge in [0.25, 0.3) is 0 Å². The second-order valence-electron chi connectivity index (χ2n) is 3.66. The molecule has 0 amide bonds. The Hall–Kier alpha value is -0.960. The summed E-state index contributed by atoms with van der Waals surface area (Å²) in [5.74, 6) is 0.146. The molecule has 0 aromatic carbocycles. The van der Waals surface area contributed by atoms with Gasteiger partial charge in [0.15, 0.2) is 0 Å². The zero-order valence-electron chi connectivity index (χ0n) is 7.70. The van der Waals surface area contributed by atoms with Crippen molar-refractivity contribution in [2.24, 2.45) is 0 Å². The Morgan fingerprint density at radius 2 is 2.38 bits per heavy atom. The Bertz CT molecular complexity index is 283. The van der Waals surface area contributed by atoms with Gasteiger partial charge < -0.3 is 4.90 Å². The second kappa shape index (κ2) is 3.42. The van der Waals surface area contributed by atoms with Crippen molar-refractivity contribution in [3.8, 4) is 0 Å². The highest BCUT2D eigenvalue weighted by molar-refractivity contribution is 5.16. The summed E-state index contributed by atoms with van der Waals surface area (Å²) in [7, 11) is 2.11. The van der Waals surface area contributed by atoms with Gasteiger partial charge in [0, 0.05) is 12.7 Å². The zero-order chi connectivity index (χ0) is 9.26. The molecule has 0 spiro atoms. The van der Waals surface area contributed by atoms with Crippen molar-refractivity contribution >= 4 is 0 Å². The van der Waals surface area contributed by atoms with Crippen molar-refractivity contribution in [1.29, 1.82) is 0 Å². The van der Waals surface area contributed by atoms with E-state index < -0.39 is 5.95 Å². The predicted molar refractivity (Wildman–Crippen MR) is 49.1 cm³/mol. The monoisotopic (exact) mass is 180 g/mol. The van der Waals surface area contributed by atoms with Gasteiger partial charge in [-0.1, -0.05) is 6.07 Å². The molecule has 0 aliphatic carbocycles. The van der Waals surface area contributed by atoms with Gasteiger partial charge >= 0.3 is 0 Å². The maximum absolute atomic E-state index is 12.5. The molecule has 70 valence electrons. The van der Waals surface area contributed by atoms with E-state index in [-0.39, 0.29) is 0 Å². The van der Waals surface area contributed by atoms with Crippen molar-refractivity contribution in [3.63, 3.8) is 0 Å². The number of likely N-dealkylation sites (tertiary alicyclic amines) is 1. The van der Waals surface area contributed by atoms with Gasteiger partial charge in [-0.25, -0.2) is 4.98 Å². The van der Waals surface area contributed by atoms with Gasteiger partial charge in [0.05, 0.1) is 0 Å². The fraction of sp³-hybridized carbons (Fsp3) is 0.500. The predicted octanol–water partition coefficient (Wildman–Crippen LogP) is 1.64. The van der Waals surface area contributed by atoms with Crippen LogP contribution < -0.4 is 0 Å². The lowest BCUT2D eigenvalue weighted by molar-refractivity contribution is 0.411. The van der Waals surface area contributed by atoms with E-state index >= 15 is 0 Å². The first kappa shape index (κ1) is 8.63. The van der Waals surface area contributed by atoms with Crippen molar-refractivity contribution in [1.82, 2.24) is 9.88 Å². The van der Waals surface area contributed by atoms with E-state index in [0.717, 1.165) is 25.1 Å². The number of nitrogens with zero attached hydrogens (tertiary/aromatic N) is 2. The summed E-state index contributed by atoms with van der Waals surface area (Å²) < 4.78 is 12.5. The third-order valence-electron chi connectivity index (χ3n) is 2.61. The molecule has 0 radical (unpaired) electrons. The summed E-state index contributed by atoms with van der Waals surface area (Å²) in [4.78, 5) is 5.95. The highest BCUT2D eigenvalue weighted by atomic mass is 19.1. The summed E-state index contributed by atoms with van der Waals surface area (Å²) in [5.41, 5.74) is 1.16. The second-order valence-corrected chi connectivity index (χ2v) is 3.66. The van der Waals surface area contributed by atoms with Crippen molar-refractivity contribution in [2.75, 3.05) is 20.1 Å². The van der Waals surface area contributed by atoms with E-state index in [0.29, 0.717) is 5.92 Å². The van der Waals surface area contributed by atoms with Crippen LogP contribution in [0, 0.1) is 5.95 Å². The number of pyridine rings is 1. The SMILES string of the molecule is CN1CCC(c2ccc(F)nc2)C1. The van der Waals surface area contributed by atoms with Crippen LogP contribution in [0.2, 0.25) is 0 Å². The Morgan fingerprint density at radius 1 is 1.54 bits per heavy atom. The zero-order valence-corrected chi connectivity index (χ0v) is 7.70. The van der Waals surface area contributed by atoms with Crippen LogP contribution in [0.25, 0.3) is 0 Å². The molecule has 1 aromatic rings. The van der Waals surface area contributed by atoms with Crippen molar-refractivity contribution < 1.29 is 4.39 Å². The summed E-state index contributed by atoms with van der Waals surface area (Å²) >= 11 is 0. The molecule has 0 saturated carbocycles. The fourth-order valence-corrected chi connectivity index (χ4v) is 1.84. The van der Waals surface area contributed by atoms with E-state index in [1.54, 1.807) is 6.20 Å². The molecule has 1 atom stereocenters. The third kappa shape index (κ3) is 1.86. The highest BCUT2D eigenvalue weighted by Gasteiger charge is 2.20. The fourth-order valence-electron chi connectivity index (χ4n) is 1.84. The van der Waals surface area contributed by atoms with Gasteiger partial charge in [-0.15, -0.1) is 0 Å². The van der Waals surface area contributed by atoms with E-state index in [2.05, 4.69) is 16.9 Å². The van der Waals surface area contributed by atoms with Gasteiger partial charge in [-0.05, 0) is 37.6 Å². The molecule has 0 bridgehead atoms. The summed E-state index contributed by atoms with van der Waals surface area (Å²) in [5, 5.41) is 0. The lowest BCUT2D eigenvalue weighted by Crippen LogP contribution is -2.13. The minimum atomic E-state index is -0.393. The van der Waals surface area contributed by atoms with Crippen LogP contribution in [0.5, 0.6) is 0 Å². The summed E-state index contributed by atoms with van der Waals surface area (Å²) in [6.45, 7) is 2.19. The molecule has 2 nitrogen and oxygen atoms in total. The topological polar surface area (TPSA) is 16.1 Å². The molecule has 1 aliphatic heterocycles. The van der Waals surface area contributed by atoms with Crippen LogP contribution in [0.15, 0.2) is 18.3 Å². The van der Waals surface area contributed by atoms with E-state index in [4.69, 9.17) is 0 Å². The molecule has 3 heteroatoms. The highest BCUT2D eigenvalue weighted by Crippen LogP contribution is 2.25. The van der Waals surface area contributed by atoms with E-state index in [9.17, 15) is 4.39 Å². The molecule has 2 rings (SSSR count). The standard InChI is InChI=1S/C10H13FN2/c1-13-5-4-9(7-13)8-2-3-10(11)12-6-8/h2-3,6,9H,4-5,7H2,1H3. The molecule has 1 unspecified atom stereocenters. The normalized spacial score (nSPS) is 23.7. The lowest BCUT2D eigenvalue weighted by Gasteiger charge is -2.09. The molecular weight excluding hydrogens is 167 g/mol. The molecular formula is C10H13FN2. The van der Waals surface area contributed by atoms with Gasteiger partial charge in [0.1, 0.15) is 0 Å². The Balaban J connectivity index is 2.13. The Morgan fingerprint density at radius 3 is 2.92 bits per heavy atom. The number of hydrogen-bond donors (Lipinski definition) is 0.